The van der Waals surface area contributed by atoms with E-state index < -0.39 is 0 Å². The molecule has 0 fully saturated rings. The van der Waals surface area contributed by atoms with Gasteiger partial charge in [-0.1, -0.05) is 23.7 Å². The number of thiazole rings is 1. The molecule has 0 saturated carbocycles. The van der Waals surface area contributed by atoms with Crippen LogP contribution in [0.4, 0.5) is 4.39 Å². The van der Waals surface area contributed by atoms with Crippen molar-refractivity contribution in [2.24, 2.45) is 0 Å². The fourth-order valence-electron chi connectivity index (χ4n) is 2.81. The van der Waals surface area contributed by atoms with Crippen molar-refractivity contribution in [2.45, 2.75) is 19.3 Å². The Labute approximate surface area is 153 Å². The molecule has 0 radical (unpaired) electrons. The molecule has 3 aromatic heterocycles. The molecule has 0 atom stereocenters. The topological polar surface area (TPSA) is 41.6 Å². The number of nitrogens with one attached hydrogen (secondary N) is 1. The van der Waals surface area contributed by atoms with Crippen molar-refractivity contribution >= 4 is 34.0 Å². The highest BCUT2D eigenvalue weighted by molar-refractivity contribution is 7.11. The Morgan fingerprint density at radius 3 is 2.76 bits per heavy atom. The van der Waals surface area contributed by atoms with E-state index in [0.717, 1.165) is 40.9 Å². The van der Waals surface area contributed by atoms with Gasteiger partial charge in [-0.25, -0.2) is 14.4 Å². The van der Waals surface area contributed by atoms with E-state index in [0.29, 0.717) is 5.02 Å². The SMILES string of the molecule is Fc1ccc(CCc2ncc(Cc3c[nH]c4ncc(Cl)cc34)s2)cc1. The number of nitrogens with zero attached hydrogens (tertiary/aromatic N) is 2. The minimum Gasteiger partial charge on any atom is -0.346 e. The molecule has 0 saturated heterocycles. The van der Waals surface area contributed by atoms with E-state index in [4.69, 9.17) is 11.6 Å². The van der Waals surface area contributed by atoms with E-state index in [2.05, 4.69) is 15.0 Å². The summed E-state index contributed by atoms with van der Waals surface area (Å²) >= 11 is 7.77. The first-order chi connectivity index (χ1) is 12.2. The molecule has 0 aliphatic carbocycles. The third-order valence-electron chi connectivity index (χ3n) is 4.09. The Morgan fingerprint density at radius 2 is 1.92 bits per heavy atom. The normalized spacial score (nSPS) is 11.3. The van der Waals surface area contributed by atoms with Crippen LogP contribution in [0.5, 0.6) is 0 Å². The Balaban J connectivity index is 1.45. The van der Waals surface area contributed by atoms with Gasteiger partial charge >= 0.3 is 0 Å². The first kappa shape index (κ1) is 16.2. The van der Waals surface area contributed by atoms with Crippen LogP contribution in [0, 0.1) is 5.82 Å². The summed E-state index contributed by atoms with van der Waals surface area (Å²) in [5, 5.41) is 2.78. The first-order valence-electron chi connectivity index (χ1n) is 7.97. The lowest BCUT2D eigenvalue weighted by atomic mass is 10.1. The lowest BCUT2D eigenvalue weighted by Crippen LogP contribution is -1.90. The minimum atomic E-state index is -0.200. The molecule has 4 aromatic rings. The second kappa shape index (κ2) is 6.94. The van der Waals surface area contributed by atoms with Crippen molar-refractivity contribution in [3.63, 3.8) is 0 Å². The number of rotatable bonds is 5. The van der Waals surface area contributed by atoms with Crippen molar-refractivity contribution in [3.05, 3.63) is 80.8 Å². The lowest BCUT2D eigenvalue weighted by molar-refractivity contribution is 0.627. The molecule has 0 amide bonds. The quantitative estimate of drug-likeness (QED) is 0.524. The summed E-state index contributed by atoms with van der Waals surface area (Å²) in [6.07, 6.45) is 8.07. The second-order valence-electron chi connectivity index (χ2n) is 5.89. The molecule has 25 heavy (non-hydrogen) atoms. The molecule has 3 heterocycles. The molecule has 6 heteroatoms. The van der Waals surface area contributed by atoms with Crippen molar-refractivity contribution in [1.29, 1.82) is 0 Å². The van der Waals surface area contributed by atoms with Crippen LogP contribution in [0.15, 0.2) is 48.9 Å². The molecule has 0 spiro atoms. The van der Waals surface area contributed by atoms with Crippen molar-refractivity contribution in [2.75, 3.05) is 0 Å². The highest BCUT2D eigenvalue weighted by Crippen LogP contribution is 2.25. The van der Waals surface area contributed by atoms with Gasteiger partial charge in [0.15, 0.2) is 0 Å². The summed E-state index contributed by atoms with van der Waals surface area (Å²) < 4.78 is 12.9. The highest BCUT2D eigenvalue weighted by atomic mass is 35.5. The number of H-pyrrole nitrogens is 1. The highest BCUT2D eigenvalue weighted by Gasteiger charge is 2.09. The summed E-state index contributed by atoms with van der Waals surface area (Å²) in [5.41, 5.74) is 3.13. The van der Waals surface area contributed by atoms with Crippen LogP contribution in [0.1, 0.15) is 21.0 Å². The third kappa shape index (κ3) is 3.72. The van der Waals surface area contributed by atoms with Gasteiger partial charge in [-0.15, -0.1) is 11.3 Å². The second-order valence-corrected chi connectivity index (χ2v) is 7.52. The lowest BCUT2D eigenvalue weighted by Gasteiger charge is -1.99. The first-order valence-corrected chi connectivity index (χ1v) is 9.16. The molecular formula is C19H15ClFN3S. The Kier molecular flexibility index (Phi) is 4.51. The number of halogens is 2. The summed E-state index contributed by atoms with van der Waals surface area (Å²) in [6.45, 7) is 0. The van der Waals surface area contributed by atoms with Gasteiger partial charge in [0.1, 0.15) is 11.5 Å². The summed E-state index contributed by atoms with van der Waals surface area (Å²) in [6, 6.07) is 8.59. The predicted octanol–water partition coefficient (Wildman–Crippen LogP) is 5.19. The average molecular weight is 372 g/mol. The zero-order valence-corrected chi connectivity index (χ0v) is 14.9. The van der Waals surface area contributed by atoms with Gasteiger partial charge < -0.3 is 4.98 Å². The van der Waals surface area contributed by atoms with Crippen molar-refractivity contribution in [3.8, 4) is 0 Å². The fraction of sp³-hybridized carbons (Fsp3) is 0.158. The van der Waals surface area contributed by atoms with E-state index >= 15 is 0 Å². The van der Waals surface area contributed by atoms with Gasteiger partial charge in [0.25, 0.3) is 0 Å². The molecule has 0 bridgehead atoms. The standard InChI is InChI=1S/C19H15ClFN3S/c20-14-8-17-13(9-23-19(17)24-10-14)7-16-11-22-18(25-16)6-3-12-1-4-15(21)5-2-12/h1-2,4-5,8-11H,3,6-7H2,(H,23,24). The average Bonchev–Trinajstić information content (AvgIpc) is 3.22. The van der Waals surface area contributed by atoms with Crippen LogP contribution in [0.25, 0.3) is 11.0 Å². The molecule has 0 aliphatic heterocycles. The smallest absolute Gasteiger partial charge is 0.137 e. The molecule has 1 aromatic carbocycles. The Hall–Kier alpha value is -2.24. The maximum absolute atomic E-state index is 12.9. The van der Waals surface area contributed by atoms with Crippen molar-refractivity contribution < 1.29 is 4.39 Å². The van der Waals surface area contributed by atoms with E-state index in [1.54, 1.807) is 17.5 Å². The molecule has 126 valence electrons. The number of pyridine rings is 1. The van der Waals surface area contributed by atoms with Gasteiger partial charge in [0.2, 0.25) is 0 Å². The molecule has 0 aliphatic rings. The minimum absolute atomic E-state index is 0.200. The number of aromatic nitrogens is 3. The number of fused-ring (bicyclic) bond motifs is 1. The zero-order valence-electron chi connectivity index (χ0n) is 13.3. The van der Waals surface area contributed by atoms with Gasteiger partial charge in [-0.3, -0.25) is 0 Å². The van der Waals surface area contributed by atoms with Crippen LogP contribution in [-0.2, 0) is 19.3 Å². The van der Waals surface area contributed by atoms with E-state index in [1.807, 2.05) is 30.6 Å². The third-order valence-corrected chi connectivity index (χ3v) is 5.35. The number of hydrogen-bond donors (Lipinski definition) is 1. The summed E-state index contributed by atoms with van der Waals surface area (Å²) in [7, 11) is 0. The van der Waals surface area contributed by atoms with Gasteiger partial charge in [-0.2, -0.15) is 0 Å². The Morgan fingerprint density at radius 1 is 1.08 bits per heavy atom. The van der Waals surface area contributed by atoms with Crippen LogP contribution in [-0.4, -0.2) is 15.0 Å². The monoisotopic (exact) mass is 371 g/mol. The molecule has 3 nitrogen and oxygen atoms in total. The van der Waals surface area contributed by atoms with Gasteiger partial charge in [0, 0.05) is 41.7 Å². The number of benzene rings is 1. The van der Waals surface area contributed by atoms with E-state index in [1.165, 1.54) is 22.6 Å². The zero-order chi connectivity index (χ0) is 17.2. The van der Waals surface area contributed by atoms with Crippen molar-refractivity contribution in [1.82, 2.24) is 15.0 Å². The molecular weight excluding hydrogens is 357 g/mol. The van der Waals surface area contributed by atoms with Crippen LogP contribution >= 0.6 is 22.9 Å². The van der Waals surface area contributed by atoms with E-state index in [9.17, 15) is 4.39 Å². The molecule has 4 rings (SSSR count). The van der Waals surface area contributed by atoms with Crippen LogP contribution < -0.4 is 0 Å². The molecule has 1 N–H and O–H groups in total. The maximum Gasteiger partial charge on any atom is 0.137 e. The van der Waals surface area contributed by atoms with Crippen LogP contribution in [0.3, 0.4) is 0 Å². The van der Waals surface area contributed by atoms with E-state index in [-0.39, 0.29) is 5.82 Å². The van der Waals surface area contributed by atoms with Crippen LogP contribution in [0.2, 0.25) is 5.02 Å². The largest absolute Gasteiger partial charge is 0.346 e. The Bertz CT molecular complexity index is 1010. The molecule has 0 unspecified atom stereocenters. The summed E-state index contributed by atoms with van der Waals surface area (Å²) in [4.78, 5) is 13.2. The number of aromatic amines is 1. The number of aryl methyl sites for hydroxylation is 2. The fourth-order valence-corrected chi connectivity index (χ4v) is 3.92. The summed E-state index contributed by atoms with van der Waals surface area (Å²) in [5.74, 6) is -0.200. The maximum atomic E-state index is 12.9. The number of hydrogen-bond acceptors (Lipinski definition) is 3. The van der Waals surface area contributed by atoms with Gasteiger partial charge in [0.05, 0.1) is 10.0 Å². The predicted molar refractivity (Wildman–Crippen MR) is 99.8 cm³/mol. The van der Waals surface area contributed by atoms with Gasteiger partial charge in [-0.05, 0) is 35.7 Å².